The van der Waals surface area contributed by atoms with Gasteiger partial charge in [-0.2, -0.15) is 0 Å². The smallest absolute Gasteiger partial charge is 0.190 e. The molecule has 0 saturated heterocycles. The normalized spacial score (nSPS) is 15.1. The third kappa shape index (κ3) is 3.23. The fraction of sp³-hybridized carbons (Fsp3) is 0.167. The Labute approximate surface area is 148 Å². The molecule has 0 atom stereocenters. The van der Waals surface area contributed by atoms with Gasteiger partial charge in [-0.1, -0.05) is 35.3 Å². The third-order valence-electron chi connectivity index (χ3n) is 3.84. The number of hydrogen-bond acceptors (Lipinski definition) is 2. The standard InChI is InChI=1S/C18H14Cl2N2S/c19-13-3-1-12(2-4-13)17-11-23-18(22(17)16-9-10-16)21-15-7-5-14(20)6-8-15/h1-8,11,16H,9-10H2. The van der Waals surface area contributed by atoms with Crippen molar-refractivity contribution < 1.29 is 0 Å². The molecule has 1 fully saturated rings. The molecular weight excluding hydrogens is 347 g/mol. The topological polar surface area (TPSA) is 17.3 Å². The Bertz CT molecular complexity index is 888. The maximum Gasteiger partial charge on any atom is 0.190 e. The van der Waals surface area contributed by atoms with Gasteiger partial charge >= 0.3 is 0 Å². The van der Waals surface area contributed by atoms with E-state index in [1.54, 1.807) is 11.3 Å². The van der Waals surface area contributed by atoms with Crippen LogP contribution in [-0.2, 0) is 0 Å². The molecule has 23 heavy (non-hydrogen) atoms. The van der Waals surface area contributed by atoms with Gasteiger partial charge in [-0.05, 0) is 54.8 Å². The van der Waals surface area contributed by atoms with Crippen LogP contribution in [0.3, 0.4) is 0 Å². The van der Waals surface area contributed by atoms with Gasteiger partial charge in [0.2, 0.25) is 0 Å². The molecule has 1 heterocycles. The Morgan fingerprint density at radius 3 is 2.13 bits per heavy atom. The summed E-state index contributed by atoms with van der Waals surface area (Å²) in [5.41, 5.74) is 3.31. The molecule has 116 valence electrons. The van der Waals surface area contributed by atoms with Gasteiger partial charge in [0.1, 0.15) is 0 Å². The van der Waals surface area contributed by atoms with Crippen molar-refractivity contribution in [3.63, 3.8) is 0 Å². The first-order chi connectivity index (χ1) is 11.2. The lowest BCUT2D eigenvalue weighted by atomic mass is 10.2. The van der Waals surface area contributed by atoms with E-state index in [2.05, 4.69) is 22.1 Å². The number of nitrogens with zero attached hydrogens (tertiary/aromatic N) is 2. The third-order valence-corrected chi connectivity index (χ3v) is 5.19. The molecule has 3 aromatic rings. The average Bonchev–Trinajstić information content (AvgIpc) is 3.31. The van der Waals surface area contributed by atoms with Crippen LogP contribution in [0, 0.1) is 0 Å². The molecule has 0 bridgehead atoms. The minimum Gasteiger partial charge on any atom is -0.313 e. The summed E-state index contributed by atoms with van der Waals surface area (Å²) in [6, 6.07) is 16.2. The van der Waals surface area contributed by atoms with Gasteiger partial charge in [0.25, 0.3) is 0 Å². The zero-order valence-corrected chi connectivity index (χ0v) is 14.6. The number of halogens is 2. The summed E-state index contributed by atoms with van der Waals surface area (Å²) in [6.45, 7) is 0. The zero-order valence-electron chi connectivity index (χ0n) is 12.2. The van der Waals surface area contributed by atoms with Crippen LogP contribution in [0.2, 0.25) is 10.0 Å². The predicted molar refractivity (Wildman–Crippen MR) is 97.7 cm³/mol. The van der Waals surface area contributed by atoms with Crippen LogP contribution < -0.4 is 4.80 Å². The van der Waals surface area contributed by atoms with E-state index in [1.807, 2.05) is 36.4 Å². The molecule has 2 aromatic carbocycles. The van der Waals surface area contributed by atoms with Crippen molar-refractivity contribution in [2.24, 2.45) is 4.99 Å². The molecule has 0 aliphatic heterocycles. The average molecular weight is 361 g/mol. The molecule has 5 heteroatoms. The number of thiazole rings is 1. The maximum atomic E-state index is 6.01. The van der Waals surface area contributed by atoms with Crippen molar-refractivity contribution in [1.82, 2.24) is 4.57 Å². The van der Waals surface area contributed by atoms with Gasteiger partial charge in [-0.15, -0.1) is 11.3 Å². The zero-order chi connectivity index (χ0) is 15.8. The first kappa shape index (κ1) is 15.0. The molecule has 0 radical (unpaired) electrons. The molecule has 2 nitrogen and oxygen atoms in total. The van der Waals surface area contributed by atoms with Gasteiger partial charge in [0.05, 0.1) is 11.4 Å². The summed E-state index contributed by atoms with van der Waals surface area (Å²) in [5.74, 6) is 0. The van der Waals surface area contributed by atoms with Crippen LogP contribution >= 0.6 is 34.5 Å². The van der Waals surface area contributed by atoms with Gasteiger partial charge in [0.15, 0.2) is 4.80 Å². The lowest BCUT2D eigenvalue weighted by Gasteiger charge is -2.07. The van der Waals surface area contributed by atoms with Gasteiger partial charge < -0.3 is 4.57 Å². The summed E-state index contributed by atoms with van der Waals surface area (Å²) >= 11 is 13.6. The number of aromatic nitrogens is 1. The van der Waals surface area contributed by atoms with Crippen LogP contribution in [0.5, 0.6) is 0 Å². The molecule has 4 rings (SSSR count). The van der Waals surface area contributed by atoms with Crippen molar-refractivity contribution >= 4 is 40.2 Å². The highest BCUT2D eigenvalue weighted by atomic mass is 35.5. The lowest BCUT2D eigenvalue weighted by Crippen LogP contribution is -2.14. The highest BCUT2D eigenvalue weighted by Crippen LogP contribution is 2.38. The number of rotatable bonds is 3. The van der Waals surface area contributed by atoms with Crippen LogP contribution in [-0.4, -0.2) is 4.57 Å². The van der Waals surface area contributed by atoms with Gasteiger partial charge in [-0.3, -0.25) is 0 Å². The first-order valence-electron chi connectivity index (χ1n) is 7.47. The Morgan fingerprint density at radius 2 is 1.52 bits per heavy atom. The van der Waals surface area contributed by atoms with Crippen molar-refractivity contribution in [1.29, 1.82) is 0 Å². The number of benzene rings is 2. The van der Waals surface area contributed by atoms with Crippen LogP contribution in [0.15, 0.2) is 58.9 Å². The van der Waals surface area contributed by atoms with Crippen molar-refractivity contribution in [2.45, 2.75) is 18.9 Å². The Hall–Kier alpha value is -1.55. The molecule has 1 aliphatic rings. The van der Waals surface area contributed by atoms with Crippen LogP contribution in [0.1, 0.15) is 18.9 Å². The summed E-state index contributed by atoms with van der Waals surface area (Å²) in [6.07, 6.45) is 2.43. The SMILES string of the molecule is Clc1ccc(N=c2scc(-c3ccc(Cl)cc3)n2C2CC2)cc1. The highest BCUT2D eigenvalue weighted by Gasteiger charge is 2.27. The lowest BCUT2D eigenvalue weighted by molar-refractivity contribution is 0.725. The van der Waals surface area contributed by atoms with Gasteiger partial charge in [-0.25, -0.2) is 4.99 Å². The highest BCUT2D eigenvalue weighted by molar-refractivity contribution is 7.07. The van der Waals surface area contributed by atoms with Crippen molar-refractivity contribution in [3.8, 4) is 11.3 Å². The Balaban J connectivity index is 1.82. The fourth-order valence-electron chi connectivity index (χ4n) is 2.54. The van der Waals surface area contributed by atoms with Gasteiger partial charge in [0, 0.05) is 21.5 Å². The molecule has 1 saturated carbocycles. The Morgan fingerprint density at radius 1 is 0.913 bits per heavy atom. The van der Waals surface area contributed by atoms with E-state index in [0.29, 0.717) is 6.04 Å². The second-order valence-electron chi connectivity index (χ2n) is 5.60. The van der Waals surface area contributed by atoms with Crippen LogP contribution in [0.25, 0.3) is 11.3 Å². The summed E-state index contributed by atoms with van der Waals surface area (Å²) < 4.78 is 2.35. The van der Waals surface area contributed by atoms with E-state index in [1.165, 1.54) is 24.1 Å². The molecule has 0 spiro atoms. The second kappa shape index (κ2) is 6.16. The molecule has 1 aliphatic carbocycles. The fourth-order valence-corrected chi connectivity index (χ4v) is 3.78. The van der Waals surface area contributed by atoms with E-state index in [-0.39, 0.29) is 0 Å². The van der Waals surface area contributed by atoms with Crippen LogP contribution in [0.4, 0.5) is 5.69 Å². The van der Waals surface area contributed by atoms with E-state index in [9.17, 15) is 0 Å². The van der Waals surface area contributed by atoms with E-state index in [4.69, 9.17) is 28.2 Å². The monoisotopic (exact) mass is 360 g/mol. The largest absolute Gasteiger partial charge is 0.313 e. The summed E-state index contributed by atoms with van der Waals surface area (Å²) in [7, 11) is 0. The number of hydrogen-bond donors (Lipinski definition) is 0. The van der Waals surface area contributed by atoms with E-state index >= 15 is 0 Å². The van der Waals surface area contributed by atoms with E-state index < -0.39 is 0 Å². The van der Waals surface area contributed by atoms with E-state index in [0.717, 1.165) is 20.5 Å². The summed E-state index contributed by atoms with van der Waals surface area (Å²) in [4.78, 5) is 5.83. The quantitative estimate of drug-likeness (QED) is 0.537. The molecule has 1 aromatic heterocycles. The molecule has 0 unspecified atom stereocenters. The summed E-state index contributed by atoms with van der Waals surface area (Å²) in [5, 5.41) is 3.66. The predicted octanol–water partition coefficient (Wildman–Crippen LogP) is 6.09. The molecule has 0 amide bonds. The minimum atomic E-state index is 0.554. The molecular formula is C18H14Cl2N2S. The first-order valence-corrected chi connectivity index (χ1v) is 9.10. The Kier molecular flexibility index (Phi) is 4.02. The second-order valence-corrected chi connectivity index (χ2v) is 7.31. The molecule has 0 N–H and O–H groups in total. The van der Waals surface area contributed by atoms with Crippen molar-refractivity contribution in [3.05, 3.63) is 68.8 Å². The maximum absolute atomic E-state index is 6.01. The van der Waals surface area contributed by atoms with Crippen molar-refractivity contribution in [2.75, 3.05) is 0 Å². The minimum absolute atomic E-state index is 0.554.